The second-order valence-electron chi connectivity index (χ2n) is 9.04. The number of rotatable bonds is 4. The zero-order valence-corrected chi connectivity index (χ0v) is 18.5. The van der Waals surface area contributed by atoms with Gasteiger partial charge in [-0.25, -0.2) is 9.97 Å². The van der Waals surface area contributed by atoms with Crippen LogP contribution >= 0.6 is 0 Å². The van der Waals surface area contributed by atoms with Crippen LogP contribution in [0.15, 0.2) is 12.5 Å². The van der Waals surface area contributed by atoms with Gasteiger partial charge >= 0.3 is 0 Å². The Kier molecular flexibility index (Phi) is 5.09. The average Bonchev–Trinajstić information content (AvgIpc) is 3.13. The number of nitrogens with two attached hydrogens (primary N) is 1. The molecule has 0 spiro atoms. The first-order valence-corrected chi connectivity index (χ1v) is 12.4. The van der Waals surface area contributed by atoms with Crippen molar-refractivity contribution in [1.82, 2.24) is 14.5 Å². The monoisotopic (exact) mass is 402 g/mol. The molecule has 152 valence electrons. The number of fused-ring (bicyclic) bond motifs is 1. The van der Waals surface area contributed by atoms with Gasteiger partial charge in [0.2, 0.25) is 0 Å². The molecule has 28 heavy (non-hydrogen) atoms. The fourth-order valence-electron chi connectivity index (χ4n) is 3.42. The lowest BCUT2D eigenvalue weighted by molar-refractivity contribution is -0.0865. The number of hydrogen-bond acceptors (Lipinski definition) is 6. The van der Waals surface area contributed by atoms with Crippen LogP contribution in [0.1, 0.15) is 39.0 Å². The Hall–Kier alpha value is -1.92. The van der Waals surface area contributed by atoms with E-state index in [2.05, 4.69) is 49.8 Å². The van der Waals surface area contributed by atoms with Crippen LogP contribution in [0.4, 0.5) is 5.82 Å². The lowest BCUT2D eigenvalue weighted by Crippen LogP contribution is -2.51. The summed E-state index contributed by atoms with van der Waals surface area (Å²) in [5.74, 6) is 3.10. The van der Waals surface area contributed by atoms with Gasteiger partial charge in [-0.3, -0.25) is 0 Å². The number of aliphatic hydroxyl groups excluding tert-OH is 1. The van der Waals surface area contributed by atoms with Crippen molar-refractivity contribution in [1.29, 1.82) is 0 Å². The molecule has 0 amide bonds. The Morgan fingerprint density at radius 1 is 1.46 bits per heavy atom. The number of aliphatic hydroxyl groups is 1. The Balaban J connectivity index is 2.01. The van der Waals surface area contributed by atoms with E-state index in [1.54, 1.807) is 0 Å². The highest BCUT2D eigenvalue weighted by molar-refractivity contribution is 6.74. The van der Waals surface area contributed by atoms with E-state index < -0.39 is 26.3 Å². The summed E-state index contributed by atoms with van der Waals surface area (Å²) >= 11 is 0. The molecule has 3 N–H and O–H groups in total. The van der Waals surface area contributed by atoms with Crippen LogP contribution in [0.3, 0.4) is 0 Å². The molecule has 1 fully saturated rings. The molecule has 0 unspecified atom stereocenters. The van der Waals surface area contributed by atoms with Gasteiger partial charge in [0, 0.05) is 12.6 Å². The van der Waals surface area contributed by atoms with Crippen LogP contribution in [-0.2, 0) is 9.16 Å². The zero-order valence-electron chi connectivity index (χ0n) is 17.5. The van der Waals surface area contributed by atoms with Crippen molar-refractivity contribution < 1.29 is 14.3 Å². The molecule has 0 aromatic carbocycles. The molecule has 0 aliphatic carbocycles. The summed E-state index contributed by atoms with van der Waals surface area (Å²) in [6.45, 7) is 12.5. The first kappa shape index (κ1) is 20.8. The van der Waals surface area contributed by atoms with Crippen molar-refractivity contribution in [2.24, 2.45) is 0 Å². The SMILES string of the molecule is C#C[C@]1(CO)O[C@@H](n2cc(C)c3c(N)ncnc32)C[C@@H]1O[Si](C)(C)C(C)(C)C. The van der Waals surface area contributed by atoms with E-state index in [0.717, 1.165) is 10.9 Å². The third-order valence-electron chi connectivity index (χ3n) is 6.14. The Labute approximate surface area is 167 Å². The second kappa shape index (κ2) is 6.85. The number of nitrogen functional groups attached to an aromatic ring is 1. The summed E-state index contributed by atoms with van der Waals surface area (Å²) in [6, 6.07) is 0. The number of anilines is 1. The fraction of sp³-hybridized carbons (Fsp3) is 0.600. The zero-order chi connectivity index (χ0) is 20.9. The molecule has 2 aromatic heterocycles. The smallest absolute Gasteiger partial charge is 0.192 e. The summed E-state index contributed by atoms with van der Waals surface area (Å²) in [6.07, 6.45) is 8.89. The van der Waals surface area contributed by atoms with Crippen molar-refractivity contribution in [2.75, 3.05) is 12.3 Å². The minimum atomic E-state index is -2.12. The van der Waals surface area contributed by atoms with E-state index in [-0.39, 0.29) is 11.6 Å². The van der Waals surface area contributed by atoms with Crippen LogP contribution in [0, 0.1) is 19.3 Å². The van der Waals surface area contributed by atoms with Gasteiger partial charge in [0.1, 0.15) is 24.0 Å². The number of aryl methyl sites for hydroxylation is 1. The van der Waals surface area contributed by atoms with Crippen LogP contribution in [0.2, 0.25) is 18.1 Å². The largest absolute Gasteiger partial charge is 0.410 e. The summed E-state index contributed by atoms with van der Waals surface area (Å²) in [5.41, 5.74) is 6.49. The van der Waals surface area contributed by atoms with E-state index in [1.165, 1.54) is 6.33 Å². The average molecular weight is 403 g/mol. The fourth-order valence-corrected chi connectivity index (χ4v) is 4.77. The molecule has 1 aliphatic rings. The van der Waals surface area contributed by atoms with Crippen molar-refractivity contribution in [2.45, 2.75) is 70.2 Å². The summed E-state index contributed by atoms with van der Waals surface area (Å²) in [7, 11) is -2.12. The van der Waals surface area contributed by atoms with Crippen molar-refractivity contribution in [3.63, 3.8) is 0 Å². The molecular weight excluding hydrogens is 372 g/mol. The van der Waals surface area contributed by atoms with E-state index in [0.29, 0.717) is 17.9 Å². The standard InChI is InChI=1S/C20H30N4O3Si/c1-8-20(11-25)14(27-28(6,7)19(3,4)5)9-15(26-20)24-10-13(2)16-17(21)22-12-23-18(16)24/h1,10,12,14-15,25H,9,11H2,2-7H3,(H2,21,22,23)/t14-,15+,20+/m0/s1. The molecule has 3 heterocycles. The van der Waals surface area contributed by atoms with Gasteiger partial charge in [-0.2, -0.15) is 0 Å². The topological polar surface area (TPSA) is 95.4 Å². The molecule has 2 aromatic rings. The highest BCUT2D eigenvalue weighted by Crippen LogP contribution is 2.45. The molecule has 0 saturated carbocycles. The van der Waals surface area contributed by atoms with E-state index in [4.69, 9.17) is 21.3 Å². The maximum absolute atomic E-state index is 10.1. The Morgan fingerprint density at radius 3 is 2.71 bits per heavy atom. The Morgan fingerprint density at radius 2 is 2.14 bits per heavy atom. The third kappa shape index (κ3) is 3.22. The first-order chi connectivity index (χ1) is 13.0. The third-order valence-corrected chi connectivity index (χ3v) is 10.6. The maximum Gasteiger partial charge on any atom is 0.192 e. The minimum Gasteiger partial charge on any atom is -0.410 e. The lowest BCUT2D eigenvalue weighted by atomic mass is 9.99. The molecule has 3 rings (SSSR count). The lowest BCUT2D eigenvalue weighted by Gasteiger charge is -2.41. The van der Waals surface area contributed by atoms with Crippen molar-refractivity contribution in [3.8, 4) is 12.3 Å². The molecule has 8 heteroatoms. The molecule has 1 aliphatic heterocycles. The molecule has 0 bridgehead atoms. The predicted molar refractivity (Wildman–Crippen MR) is 112 cm³/mol. The summed E-state index contributed by atoms with van der Waals surface area (Å²) in [5, 5.41) is 10.9. The van der Waals surface area contributed by atoms with Gasteiger partial charge in [-0.05, 0) is 30.6 Å². The molecule has 1 saturated heterocycles. The second-order valence-corrected chi connectivity index (χ2v) is 13.8. The van der Waals surface area contributed by atoms with Gasteiger partial charge < -0.3 is 24.6 Å². The highest BCUT2D eigenvalue weighted by Gasteiger charge is 2.53. The van der Waals surface area contributed by atoms with Gasteiger partial charge in [-0.1, -0.05) is 26.7 Å². The normalized spacial score (nSPS) is 25.9. The summed E-state index contributed by atoms with van der Waals surface area (Å²) < 4.78 is 14.8. The molecule has 0 radical (unpaired) electrons. The van der Waals surface area contributed by atoms with Gasteiger partial charge in [-0.15, -0.1) is 6.42 Å². The molecule has 3 atom stereocenters. The predicted octanol–water partition coefficient (Wildman–Crippen LogP) is 3.00. The number of terminal acetylenes is 1. The minimum absolute atomic E-state index is 0.0132. The Bertz CT molecular complexity index is 928. The van der Waals surface area contributed by atoms with Crippen LogP contribution in [0.25, 0.3) is 11.0 Å². The highest BCUT2D eigenvalue weighted by atomic mass is 28.4. The quantitative estimate of drug-likeness (QED) is 0.603. The van der Waals surface area contributed by atoms with E-state index in [1.807, 2.05) is 17.7 Å². The van der Waals surface area contributed by atoms with Gasteiger partial charge in [0.05, 0.1) is 18.1 Å². The van der Waals surface area contributed by atoms with Gasteiger partial charge in [0.15, 0.2) is 13.9 Å². The molecule has 7 nitrogen and oxygen atoms in total. The van der Waals surface area contributed by atoms with Crippen molar-refractivity contribution >= 4 is 25.2 Å². The van der Waals surface area contributed by atoms with Crippen LogP contribution in [-0.4, -0.2) is 46.3 Å². The number of aromatic nitrogens is 3. The molecular formula is C20H30N4O3Si. The maximum atomic E-state index is 10.1. The first-order valence-electron chi connectivity index (χ1n) is 9.47. The van der Waals surface area contributed by atoms with Crippen LogP contribution in [0.5, 0.6) is 0 Å². The van der Waals surface area contributed by atoms with E-state index >= 15 is 0 Å². The summed E-state index contributed by atoms with van der Waals surface area (Å²) in [4.78, 5) is 8.47. The number of hydrogen-bond donors (Lipinski definition) is 2. The van der Waals surface area contributed by atoms with Gasteiger partial charge in [0.25, 0.3) is 0 Å². The number of ether oxygens (including phenoxy) is 1. The van der Waals surface area contributed by atoms with E-state index in [9.17, 15) is 5.11 Å². The van der Waals surface area contributed by atoms with Crippen molar-refractivity contribution in [3.05, 3.63) is 18.1 Å². The van der Waals surface area contributed by atoms with Crippen LogP contribution < -0.4 is 5.73 Å². The number of nitrogens with zero attached hydrogens (tertiary/aromatic N) is 3.